The summed E-state index contributed by atoms with van der Waals surface area (Å²) in [4.78, 5) is 17.4. The predicted octanol–water partition coefficient (Wildman–Crippen LogP) is 2.06. The van der Waals surface area contributed by atoms with Crippen LogP contribution in [0.3, 0.4) is 0 Å². The number of alkyl halides is 1. The van der Waals surface area contributed by atoms with Crippen LogP contribution in [-0.2, 0) is 6.42 Å². The maximum Gasteiger partial charge on any atom is 0.261 e. The Morgan fingerprint density at radius 2 is 2.14 bits per heavy atom. The molecule has 0 amide bonds. The molecule has 0 radical (unpaired) electrons. The molecule has 3 rings (SSSR count). The van der Waals surface area contributed by atoms with Gasteiger partial charge in [-0.25, -0.2) is 4.98 Å². The summed E-state index contributed by atoms with van der Waals surface area (Å²) in [5.41, 5.74) is 2.23. The van der Waals surface area contributed by atoms with E-state index < -0.39 is 6.67 Å². The van der Waals surface area contributed by atoms with E-state index in [1.165, 1.54) is 0 Å². The van der Waals surface area contributed by atoms with Crippen molar-refractivity contribution in [3.05, 3.63) is 46.0 Å². The lowest BCUT2D eigenvalue weighted by molar-refractivity contribution is 0.444. The van der Waals surface area contributed by atoms with Crippen molar-refractivity contribution < 1.29 is 4.39 Å². The summed E-state index contributed by atoms with van der Waals surface area (Å²) in [5.74, 6) is 0.304. The highest BCUT2D eigenvalue weighted by atomic mass is 19.1. The molecule has 21 heavy (non-hydrogen) atoms. The first-order chi connectivity index (χ1) is 10.3. The van der Waals surface area contributed by atoms with Crippen LogP contribution in [0.15, 0.2) is 29.2 Å². The second-order valence-corrected chi connectivity index (χ2v) is 5.53. The van der Waals surface area contributed by atoms with Gasteiger partial charge in [-0.2, -0.15) is 0 Å². The highest BCUT2D eigenvalue weighted by Gasteiger charge is 2.22. The Labute approximate surface area is 123 Å². The minimum Gasteiger partial charge on any atom is -0.317 e. The average molecular weight is 289 g/mol. The molecule has 0 bridgehead atoms. The van der Waals surface area contributed by atoms with E-state index in [2.05, 4.69) is 5.32 Å². The lowest BCUT2D eigenvalue weighted by atomic mass is 9.90. The number of halogens is 1. The van der Waals surface area contributed by atoms with Crippen molar-refractivity contribution in [2.75, 3.05) is 19.8 Å². The Hall–Kier alpha value is -1.75. The molecular weight excluding hydrogens is 269 g/mol. The van der Waals surface area contributed by atoms with Crippen LogP contribution in [0.25, 0.3) is 5.65 Å². The van der Waals surface area contributed by atoms with Crippen LogP contribution in [-0.4, -0.2) is 29.1 Å². The second-order valence-electron chi connectivity index (χ2n) is 5.53. The van der Waals surface area contributed by atoms with Gasteiger partial charge in [0.15, 0.2) is 0 Å². The average Bonchev–Trinajstić information content (AvgIpc) is 2.55. The number of rotatable bonds is 4. The van der Waals surface area contributed by atoms with Gasteiger partial charge in [0, 0.05) is 17.7 Å². The number of piperidine rings is 1. The summed E-state index contributed by atoms with van der Waals surface area (Å²) < 4.78 is 14.1. The largest absolute Gasteiger partial charge is 0.317 e. The van der Waals surface area contributed by atoms with Crippen molar-refractivity contribution in [1.29, 1.82) is 0 Å². The molecule has 4 nitrogen and oxygen atoms in total. The van der Waals surface area contributed by atoms with Crippen LogP contribution < -0.4 is 10.9 Å². The fourth-order valence-corrected chi connectivity index (χ4v) is 3.05. The molecule has 0 aromatic carbocycles. The van der Waals surface area contributed by atoms with E-state index in [0.29, 0.717) is 30.0 Å². The molecule has 2 aromatic heterocycles. The number of hydrogen-bond donors (Lipinski definition) is 1. The third-order valence-electron chi connectivity index (χ3n) is 4.15. The fourth-order valence-electron chi connectivity index (χ4n) is 3.05. The molecule has 5 heteroatoms. The zero-order valence-electron chi connectivity index (χ0n) is 12.0. The second kappa shape index (κ2) is 6.35. The van der Waals surface area contributed by atoms with Gasteiger partial charge in [-0.15, -0.1) is 0 Å². The van der Waals surface area contributed by atoms with E-state index in [4.69, 9.17) is 4.98 Å². The monoisotopic (exact) mass is 289 g/mol. The fraction of sp³-hybridized carbons (Fsp3) is 0.500. The Morgan fingerprint density at radius 3 is 2.90 bits per heavy atom. The van der Waals surface area contributed by atoms with Crippen LogP contribution >= 0.6 is 0 Å². The summed E-state index contributed by atoms with van der Waals surface area (Å²) in [6.07, 6.45) is 4.55. The number of nitrogens with zero attached hydrogens (tertiary/aromatic N) is 2. The van der Waals surface area contributed by atoms with Crippen LogP contribution in [0.5, 0.6) is 0 Å². The third-order valence-corrected chi connectivity index (χ3v) is 4.15. The maximum absolute atomic E-state index is 12.7. The third kappa shape index (κ3) is 2.83. The molecule has 0 spiro atoms. The molecule has 0 unspecified atom stereocenters. The molecule has 2 aromatic rings. The van der Waals surface area contributed by atoms with Crippen LogP contribution in [0, 0.1) is 0 Å². The Kier molecular flexibility index (Phi) is 4.29. The Balaban J connectivity index is 2.12. The van der Waals surface area contributed by atoms with Crippen LogP contribution in [0.2, 0.25) is 0 Å². The highest BCUT2D eigenvalue weighted by molar-refractivity contribution is 5.41. The molecule has 112 valence electrons. The van der Waals surface area contributed by atoms with E-state index in [1.54, 1.807) is 10.6 Å². The van der Waals surface area contributed by atoms with Gasteiger partial charge in [0.2, 0.25) is 0 Å². The van der Waals surface area contributed by atoms with E-state index in [-0.39, 0.29) is 5.56 Å². The SMILES string of the molecule is O=c1c(CCCF)c(C2CCNCC2)nc2ccccn12. The summed E-state index contributed by atoms with van der Waals surface area (Å²) in [6, 6.07) is 5.55. The predicted molar refractivity (Wildman–Crippen MR) is 80.6 cm³/mol. The summed E-state index contributed by atoms with van der Waals surface area (Å²) >= 11 is 0. The van der Waals surface area contributed by atoms with Crippen LogP contribution in [0.4, 0.5) is 4.39 Å². The molecule has 0 aliphatic carbocycles. The first kappa shape index (κ1) is 14.2. The van der Waals surface area contributed by atoms with Crippen molar-refractivity contribution >= 4 is 5.65 Å². The number of pyridine rings is 1. The van der Waals surface area contributed by atoms with Gasteiger partial charge in [0.05, 0.1) is 12.4 Å². The Morgan fingerprint density at radius 1 is 1.33 bits per heavy atom. The quantitative estimate of drug-likeness (QED) is 0.937. The maximum atomic E-state index is 12.7. The normalized spacial score (nSPS) is 16.4. The lowest BCUT2D eigenvalue weighted by Crippen LogP contribution is -2.30. The number of fused-ring (bicyclic) bond motifs is 1. The summed E-state index contributed by atoms with van der Waals surface area (Å²) in [6.45, 7) is 1.49. The van der Waals surface area contributed by atoms with Gasteiger partial charge in [-0.1, -0.05) is 6.07 Å². The molecular formula is C16H20FN3O. The standard InChI is InChI=1S/C16H20FN3O/c17-8-3-4-13-15(12-6-9-18-10-7-12)19-14-5-1-2-11-20(14)16(13)21/h1-2,5,11-12,18H,3-4,6-10H2. The first-order valence-electron chi connectivity index (χ1n) is 7.58. The smallest absolute Gasteiger partial charge is 0.261 e. The van der Waals surface area contributed by atoms with E-state index in [0.717, 1.165) is 31.6 Å². The molecule has 3 heterocycles. The van der Waals surface area contributed by atoms with E-state index in [1.807, 2.05) is 18.2 Å². The van der Waals surface area contributed by atoms with Gasteiger partial charge >= 0.3 is 0 Å². The molecule has 1 aliphatic rings. The van der Waals surface area contributed by atoms with E-state index >= 15 is 0 Å². The zero-order valence-corrected chi connectivity index (χ0v) is 12.0. The number of hydrogen-bond acceptors (Lipinski definition) is 3. The topological polar surface area (TPSA) is 46.4 Å². The van der Waals surface area contributed by atoms with Gasteiger partial charge in [-0.05, 0) is 50.9 Å². The molecule has 1 N–H and O–H groups in total. The highest BCUT2D eigenvalue weighted by Crippen LogP contribution is 2.26. The number of aromatic nitrogens is 2. The minimum atomic E-state index is -0.400. The lowest BCUT2D eigenvalue weighted by Gasteiger charge is -2.24. The minimum absolute atomic E-state index is 0.0393. The van der Waals surface area contributed by atoms with Crippen molar-refractivity contribution in [2.45, 2.75) is 31.6 Å². The van der Waals surface area contributed by atoms with Gasteiger partial charge in [-0.3, -0.25) is 13.6 Å². The van der Waals surface area contributed by atoms with Crippen molar-refractivity contribution in [3.63, 3.8) is 0 Å². The van der Waals surface area contributed by atoms with Crippen molar-refractivity contribution in [2.24, 2.45) is 0 Å². The molecule has 0 atom stereocenters. The zero-order chi connectivity index (χ0) is 14.7. The van der Waals surface area contributed by atoms with Gasteiger partial charge in [0.1, 0.15) is 5.65 Å². The first-order valence-corrected chi connectivity index (χ1v) is 7.58. The molecule has 1 aliphatic heterocycles. The Bertz CT molecular complexity index is 677. The van der Waals surface area contributed by atoms with E-state index in [9.17, 15) is 9.18 Å². The number of nitrogens with one attached hydrogen (secondary N) is 1. The summed E-state index contributed by atoms with van der Waals surface area (Å²) in [7, 11) is 0. The van der Waals surface area contributed by atoms with Gasteiger partial charge < -0.3 is 5.32 Å². The van der Waals surface area contributed by atoms with Crippen molar-refractivity contribution in [3.8, 4) is 0 Å². The molecule has 1 fully saturated rings. The summed E-state index contributed by atoms with van der Waals surface area (Å²) in [5, 5.41) is 3.33. The van der Waals surface area contributed by atoms with Crippen LogP contribution in [0.1, 0.15) is 36.4 Å². The van der Waals surface area contributed by atoms with Gasteiger partial charge in [0.25, 0.3) is 5.56 Å². The molecule has 1 saturated heterocycles. The van der Waals surface area contributed by atoms with Crippen molar-refractivity contribution in [1.82, 2.24) is 14.7 Å². The molecule has 0 saturated carbocycles.